The van der Waals surface area contributed by atoms with Crippen LogP contribution in [0.1, 0.15) is 35.3 Å². The first kappa shape index (κ1) is 21.4. The van der Waals surface area contributed by atoms with Crippen LogP contribution in [0.4, 0.5) is 8.78 Å². The van der Waals surface area contributed by atoms with Crippen molar-refractivity contribution in [3.05, 3.63) is 47.8 Å². The highest BCUT2D eigenvalue weighted by Gasteiger charge is 2.48. The van der Waals surface area contributed by atoms with Crippen LogP contribution in [0.3, 0.4) is 0 Å². The van der Waals surface area contributed by atoms with Gasteiger partial charge in [0.2, 0.25) is 5.91 Å². The van der Waals surface area contributed by atoms with Crippen molar-refractivity contribution in [1.82, 2.24) is 25.2 Å². The monoisotopic (exact) mass is 433 g/mol. The van der Waals surface area contributed by atoms with E-state index in [1.807, 2.05) is 30.3 Å². The fraction of sp³-hybridized carbons (Fsp3) is 0.524. The number of alkyl halides is 2. The number of benzene rings is 1. The summed E-state index contributed by atoms with van der Waals surface area (Å²) in [5, 5.41) is 10.5. The van der Waals surface area contributed by atoms with E-state index in [-0.39, 0.29) is 24.1 Å². The zero-order chi connectivity index (χ0) is 21.8. The van der Waals surface area contributed by atoms with Gasteiger partial charge in [-0.25, -0.2) is 13.5 Å². The lowest BCUT2D eigenvalue weighted by atomic mass is 9.98. The smallest absolute Gasteiger partial charge is 0.273 e. The Morgan fingerprint density at radius 1 is 1.19 bits per heavy atom. The quantitative estimate of drug-likeness (QED) is 0.751. The Hall–Kier alpha value is -2.88. The number of hydrogen-bond acceptors (Lipinski definition) is 5. The van der Waals surface area contributed by atoms with Gasteiger partial charge in [-0.3, -0.25) is 9.59 Å². The molecule has 2 aromatic rings. The van der Waals surface area contributed by atoms with Crippen LogP contribution in [0, 0.1) is 5.92 Å². The molecule has 2 aliphatic rings. The van der Waals surface area contributed by atoms with Crippen LogP contribution in [-0.4, -0.2) is 63.4 Å². The van der Waals surface area contributed by atoms with Gasteiger partial charge in [0.15, 0.2) is 5.69 Å². The number of carbonyl (C=O) groups excluding carboxylic acids is 2. The third-order valence-electron chi connectivity index (χ3n) is 5.70. The number of nitrogens with one attached hydrogen (secondary N) is 1. The lowest BCUT2D eigenvalue weighted by Gasteiger charge is -2.30. The first-order valence-electron chi connectivity index (χ1n) is 10.4. The van der Waals surface area contributed by atoms with Crippen LogP contribution < -0.4 is 5.32 Å². The number of amides is 2. The topological polar surface area (TPSA) is 89.4 Å². The van der Waals surface area contributed by atoms with E-state index in [1.54, 1.807) is 0 Å². The van der Waals surface area contributed by atoms with Crippen LogP contribution in [0.15, 0.2) is 36.5 Å². The molecule has 3 heterocycles. The molecule has 0 aliphatic carbocycles. The second kappa shape index (κ2) is 9.09. The minimum absolute atomic E-state index is 0.0590. The lowest BCUT2D eigenvalue weighted by Crippen LogP contribution is -2.43. The second-order valence-corrected chi connectivity index (χ2v) is 8.06. The third-order valence-corrected chi connectivity index (χ3v) is 5.70. The number of aromatic nitrogens is 3. The molecule has 8 nitrogen and oxygen atoms in total. The van der Waals surface area contributed by atoms with Gasteiger partial charge >= 0.3 is 0 Å². The fourth-order valence-corrected chi connectivity index (χ4v) is 4.07. The van der Waals surface area contributed by atoms with Crippen molar-refractivity contribution >= 4 is 11.8 Å². The normalized spacial score (nSPS) is 21.2. The number of carbonyl (C=O) groups is 2. The minimum Gasteiger partial charge on any atom is -0.381 e. The van der Waals surface area contributed by atoms with Crippen LogP contribution in [0.2, 0.25) is 0 Å². The predicted octanol–water partition coefficient (Wildman–Crippen LogP) is 1.87. The van der Waals surface area contributed by atoms with E-state index < -0.39 is 30.8 Å². The maximum absolute atomic E-state index is 14.1. The van der Waals surface area contributed by atoms with Crippen molar-refractivity contribution in [3.8, 4) is 0 Å². The molecule has 0 spiro atoms. The molecule has 4 rings (SSSR count). The van der Waals surface area contributed by atoms with Crippen molar-refractivity contribution in [3.63, 3.8) is 0 Å². The average molecular weight is 433 g/mol. The van der Waals surface area contributed by atoms with Gasteiger partial charge in [-0.2, -0.15) is 0 Å². The Bertz CT molecular complexity index is 915. The molecular weight excluding hydrogens is 408 g/mol. The summed E-state index contributed by atoms with van der Waals surface area (Å²) in [6.45, 7) is 0.747. The summed E-state index contributed by atoms with van der Waals surface area (Å²) in [6, 6.07) is 8.72. The molecule has 10 heteroatoms. The summed E-state index contributed by atoms with van der Waals surface area (Å²) >= 11 is 0. The molecule has 0 saturated carbocycles. The van der Waals surface area contributed by atoms with Crippen molar-refractivity contribution < 1.29 is 23.1 Å². The molecule has 166 valence electrons. The van der Waals surface area contributed by atoms with E-state index in [2.05, 4.69) is 15.6 Å². The lowest BCUT2D eigenvalue weighted by molar-refractivity contribution is -0.140. The van der Waals surface area contributed by atoms with Gasteiger partial charge in [-0.1, -0.05) is 35.5 Å². The Kier molecular flexibility index (Phi) is 6.26. The molecule has 2 amide bonds. The van der Waals surface area contributed by atoms with Crippen molar-refractivity contribution in [2.45, 2.75) is 44.3 Å². The van der Waals surface area contributed by atoms with Crippen LogP contribution in [0.5, 0.6) is 0 Å². The van der Waals surface area contributed by atoms with Gasteiger partial charge in [0.25, 0.3) is 11.8 Å². The number of ether oxygens (including phenoxy) is 1. The minimum atomic E-state index is -2.94. The molecular formula is C21H25F2N5O3. The Labute approximate surface area is 178 Å². The third kappa shape index (κ3) is 5.25. The molecule has 1 N–H and O–H groups in total. The Morgan fingerprint density at radius 3 is 2.68 bits per heavy atom. The van der Waals surface area contributed by atoms with Gasteiger partial charge in [0.1, 0.15) is 0 Å². The molecule has 31 heavy (non-hydrogen) atoms. The zero-order valence-electron chi connectivity index (χ0n) is 17.0. The Morgan fingerprint density at radius 2 is 1.94 bits per heavy atom. The first-order valence-corrected chi connectivity index (χ1v) is 10.4. The summed E-state index contributed by atoms with van der Waals surface area (Å²) in [4.78, 5) is 26.4. The fourth-order valence-electron chi connectivity index (χ4n) is 4.07. The summed E-state index contributed by atoms with van der Waals surface area (Å²) < 4.78 is 34.9. The van der Waals surface area contributed by atoms with Crippen molar-refractivity contribution in [1.29, 1.82) is 0 Å². The highest BCUT2D eigenvalue weighted by molar-refractivity contribution is 5.91. The summed E-state index contributed by atoms with van der Waals surface area (Å²) in [7, 11) is 0. The zero-order valence-corrected chi connectivity index (χ0v) is 17.0. The van der Waals surface area contributed by atoms with E-state index in [0.717, 1.165) is 5.56 Å². The van der Waals surface area contributed by atoms with Crippen molar-refractivity contribution in [2.75, 3.05) is 19.8 Å². The highest BCUT2D eigenvalue weighted by atomic mass is 19.3. The van der Waals surface area contributed by atoms with Crippen LogP contribution >= 0.6 is 0 Å². The molecule has 0 bridgehead atoms. The number of halogens is 2. The number of hydrogen-bond donors (Lipinski definition) is 1. The molecule has 2 aliphatic heterocycles. The van der Waals surface area contributed by atoms with Gasteiger partial charge < -0.3 is 15.0 Å². The summed E-state index contributed by atoms with van der Waals surface area (Å²) in [6.07, 6.45) is 2.08. The molecule has 1 atom stereocenters. The molecule has 1 aromatic heterocycles. The van der Waals surface area contributed by atoms with Gasteiger partial charge in [0, 0.05) is 32.1 Å². The van der Waals surface area contributed by atoms with Gasteiger partial charge in [0.05, 0.1) is 25.3 Å². The Balaban J connectivity index is 1.38. The van der Waals surface area contributed by atoms with Gasteiger partial charge in [-0.15, -0.1) is 5.10 Å². The van der Waals surface area contributed by atoms with E-state index in [4.69, 9.17) is 4.74 Å². The predicted molar refractivity (Wildman–Crippen MR) is 106 cm³/mol. The first-order chi connectivity index (χ1) is 14.9. The summed E-state index contributed by atoms with van der Waals surface area (Å²) in [5.74, 6) is -3.89. The number of likely N-dealkylation sites (tertiary alicyclic amines) is 1. The summed E-state index contributed by atoms with van der Waals surface area (Å²) in [5.41, 5.74) is 1.04. The van der Waals surface area contributed by atoms with Crippen LogP contribution in [0.25, 0.3) is 0 Å². The average Bonchev–Trinajstić information content (AvgIpc) is 3.36. The van der Waals surface area contributed by atoms with Crippen LogP contribution in [-0.2, 0) is 22.6 Å². The van der Waals surface area contributed by atoms with Crippen molar-refractivity contribution in [2.24, 2.45) is 5.92 Å². The number of rotatable bonds is 6. The van der Waals surface area contributed by atoms with E-state index in [1.165, 1.54) is 15.8 Å². The molecule has 0 radical (unpaired) electrons. The SMILES string of the molecule is O=C(NCc1ccccc1)c1cn(C[C@@H]2CC(F)(F)CN2C(=O)C2CCOCC2)nn1. The maximum Gasteiger partial charge on any atom is 0.273 e. The highest BCUT2D eigenvalue weighted by Crippen LogP contribution is 2.34. The van der Waals surface area contributed by atoms with E-state index in [0.29, 0.717) is 32.6 Å². The standard InChI is InChI=1S/C21H25F2N5O3/c22-21(23)10-17(28(14-21)20(30)16-6-8-31-9-7-16)12-27-13-18(25-26-27)19(29)24-11-15-4-2-1-3-5-15/h1-5,13,16-17H,6-12,14H2,(H,24,29)/t17-/m0/s1. The molecule has 2 fully saturated rings. The molecule has 0 unspecified atom stereocenters. The van der Waals surface area contributed by atoms with E-state index in [9.17, 15) is 18.4 Å². The van der Waals surface area contributed by atoms with E-state index >= 15 is 0 Å². The molecule has 1 aromatic carbocycles. The second-order valence-electron chi connectivity index (χ2n) is 8.06. The maximum atomic E-state index is 14.1. The molecule has 2 saturated heterocycles. The number of nitrogens with zero attached hydrogens (tertiary/aromatic N) is 4. The van der Waals surface area contributed by atoms with Gasteiger partial charge in [-0.05, 0) is 18.4 Å². The largest absolute Gasteiger partial charge is 0.381 e.